The molecule has 2 heterocycles. The van der Waals surface area contributed by atoms with Crippen LogP contribution in [0.1, 0.15) is 30.1 Å². The summed E-state index contributed by atoms with van der Waals surface area (Å²) < 4.78 is 1.92. The standard InChI is InChI=1S/C12H15N5/c13-9-5-3-8(4-6-9)10-2-1-7-17-11(10)15-12(14)16-17/h3-6,10H,1-2,7,13H2,(H2,14,16). The van der Waals surface area contributed by atoms with Crippen molar-refractivity contribution in [3.8, 4) is 0 Å². The molecule has 0 radical (unpaired) electrons. The van der Waals surface area contributed by atoms with Crippen LogP contribution in [0.25, 0.3) is 0 Å². The van der Waals surface area contributed by atoms with Crippen LogP contribution < -0.4 is 11.5 Å². The van der Waals surface area contributed by atoms with Crippen LogP contribution in [0.5, 0.6) is 0 Å². The highest BCUT2D eigenvalue weighted by molar-refractivity contribution is 5.41. The maximum Gasteiger partial charge on any atom is 0.239 e. The molecule has 0 aliphatic carbocycles. The molecule has 0 saturated heterocycles. The van der Waals surface area contributed by atoms with E-state index >= 15 is 0 Å². The predicted molar refractivity (Wildman–Crippen MR) is 66.4 cm³/mol. The largest absolute Gasteiger partial charge is 0.399 e. The molecule has 1 aliphatic heterocycles. The third-order valence-corrected chi connectivity index (χ3v) is 3.23. The summed E-state index contributed by atoms with van der Waals surface area (Å²) >= 11 is 0. The Labute approximate surface area is 99.4 Å². The molecule has 0 spiro atoms. The first kappa shape index (κ1) is 10.1. The number of nitrogen functional groups attached to an aromatic ring is 2. The SMILES string of the molecule is Nc1ccc(C2CCCn3nc(N)nc32)cc1. The van der Waals surface area contributed by atoms with Gasteiger partial charge in [-0.1, -0.05) is 12.1 Å². The number of nitrogens with zero attached hydrogens (tertiary/aromatic N) is 3. The van der Waals surface area contributed by atoms with Crippen molar-refractivity contribution in [2.75, 3.05) is 11.5 Å². The maximum absolute atomic E-state index is 5.70. The van der Waals surface area contributed by atoms with Crippen molar-refractivity contribution >= 4 is 11.6 Å². The van der Waals surface area contributed by atoms with E-state index in [9.17, 15) is 0 Å². The lowest BCUT2D eigenvalue weighted by Gasteiger charge is -2.22. The number of benzene rings is 1. The Kier molecular flexibility index (Phi) is 2.24. The number of hydrogen-bond acceptors (Lipinski definition) is 4. The van der Waals surface area contributed by atoms with Gasteiger partial charge in [0.25, 0.3) is 0 Å². The van der Waals surface area contributed by atoms with Gasteiger partial charge in [-0.2, -0.15) is 4.98 Å². The summed E-state index contributed by atoms with van der Waals surface area (Å²) in [5, 5.41) is 4.20. The first-order valence-electron chi connectivity index (χ1n) is 5.79. The molecule has 0 saturated carbocycles. The zero-order valence-corrected chi connectivity index (χ0v) is 9.50. The number of nitrogens with two attached hydrogens (primary N) is 2. The van der Waals surface area contributed by atoms with Crippen LogP contribution in [0.15, 0.2) is 24.3 Å². The maximum atomic E-state index is 5.70. The summed E-state index contributed by atoms with van der Waals surface area (Å²) in [5.74, 6) is 1.62. The molecule has 4 N–H and O–H groups in total. The highest BCUT2D eigenvalue weighted by Gasteiger charge is 2.24. The quantitative estimate of drug-likeness (QED) is 0.723. The van der Waals surface area contributed by atoms with Crippen LogP contribution in [-0.2, 0) is 6.54 Å². The van der Waals surface area contributed by atoms with E-state index in [1.54, 1.807) is 0 Å². The van der Waals surface area contributed by atoms with Gasteiger partial charge in [0.2, 0.25) is 5.95 Å². The summed E-state index contributed by atoms with van der Waals surface area (Å²) in [7, 11) is 0. The van der Waals surface area contributed by atoms with Gasteiger partial charge in [0, 0.05) is 18.2 Å². The van der Waals surface area contributed by atoms with Gasteiger partial charge < -0.3 is 11.5 Å². The van der Waals surface area contributed by atoms with Gasteiger partial charge in [0.1, 0.15) is 5.82 Å². The van der Waals surface area contributed by atoms with Crippen LogP contribution in [0.2, 0.25) is 0 Å². The van der Waals surface area contributed by atoms with E-state index in [-0.39, 0.29) is 5.92 Å². The summed E-state index contributed by atoms with van der Waals surface area (Å²) in [6.45, 7) is 0.908. The molecule has 1 aromatic carbocycles. The van der Waals surface area contributed by atoms with Crippen molar-refractivity contribution in [3.05, 3.63) is 35.7 Å². The van der Waals surface area contributed by atoms with Crippen molar-refractivity contribution in [1.29, 1.82) is 0 Å². The van der Waals surface area contributed by atoms with Crippen LogP contribution in [-0.4, -0.2) is 14.8 Å². The van der Waals surface area contributed by atoms with Gasteiger partial charge >= 0.3 is 0 Å². The number of anilines is 2. The van der Waals surface area contributed by atoms with Crippen molar-refractivity contribution in [1.82, 2.24) is 14.8 Å². The normalized spacial score (nSPS) is 18.9. The number of rotatable bonds is 1. The molecule has 17 heavy (non-hydrogen) atoms. The smallest absolute Gasteiger partial charge is 0.239 e. The van der Waals surface area contributed by atoms with Gasteiger partial charge in [-0.05, 0) is 30.5 Å². The predicted octanol–water partition coefficient (Wildman–Crippen LogP) is 1.37. The Morgan fingerprint density at radius 2 is 1.94 bits per heavy atom. The molecule has 1 atom stereocenters. The summed E-state index contributed by atoms with van der Waals surface area (Å²) in [6.07, 6.45) is 2.19. The topological polar surface area (TPSA) is 82.8 Å². The molecular weight excluding hydrogens is 214 g/mol. The fourth-order valence-electron chi connectivity index (χ4n) is 2.41. The van der Waals surface area contributed by atoms with E-state index in [1.807, 2.05) is 16.8 Å². The molecule has 1 aliphatic rings. The van der Waals surface area contributed by atoms with Crippen molar-refractivity contribution < 1.29 is 0 Å². The van der Waals surface area contributed by atoms with Crippen molar-refractivity contribution in [3.63, 3.8) is 0 Å². The molecule has 1 unspecified atom stereocenters. The minimum Gasteiger partial charge on any atom is -0.399 e. The zero-order valence-electron chi connectivity index (χ0n) is 9.50. The van der Waals surface area contributed by atoms with Crippen LogP contribution in [0.3, 0.4) is 0 Å². The molecule has 88 valence electrons. The van der Waals surface area contributed by atoms with Gasteiger partial charge in [0.15, 0.2) is 0 Å². The molecular formula is C12H15N5. The summed E-state index contributed by atoms with van der Waals surface area (Å²) in [6, 6.07) is 7.96. The first-order valence-corrected chi connectivity index (χ1v) is 5.79. The van der Waals surface area contributed by atoms with Crippen LogP contribution >= 0.6 is 0 Å². The molecule has 2 aromatic rings. The third-order valence-electron chi connectivity index (χ3n) is 3.23. The Hall–Kier alpha value is -2.04. The average Bonchev–Trinajstić information content (AvgIpc) is 2.70. The lowest BCUT2D eigenvalue weighted by Crippen LogP contribution is -2.17. The van der Waals surface area contributed by atoms with Crippen molar-refractivity contribution in [2.24, 2.45) is 0 Å². The molecule has 0 fully saturated rings. The van der Waals surface area contributed by atoms with Gasteiger partial charge in [0.05, 0.1) is 0 Å². The van der Waals surface area contributed by atoms with Gasteiger partial charge in [-0.3, -0.25) is 0 Å². The highest BCUT2D eigenvalue weighted by atomic mass is 15.4. The summed E-state index contributed by atoms with van der Waals surface area (Å²) in [4.78, 5) is 4.33. The van der Waals surface area contributed by atoms with E-state index in [4.69, 9.17) is 11.5 Å². The molecule has 0 amide bonds. The highest BCUT2D eigenvalue weighted by Crippen LogP contribution is 2.32. The fourth-order valence-corrected chi connectivity index (χ4v) is 2.41. The van der Waals surface area contributed by atoms with Crippen LogP contribution in [0.4, 0.5) is 11.6 Å². The molecule has 5 heteroatoms. The number of hydrogen-bond donors (Lipinski definition) is 2. The second-order valence-corrected chi connectivity index (χ2v) is 4.41. The van der Waals surface area contributed by atoms with E-state index in [0.29, 0.717) is 5.95 Å². The lowest BCUT2D eigenvalue weighted by atomic mass is 9.91. The zero-order chi connectivity index (χ0) is 11.8. The molecule has 1 aromatic heterocycles. The minimum absolute atomic E-state index is 0.286. The summed E-state index contributed by atoms with van der Waals surface area (Å²) in [5.41, 5.74) is 13.4. The number of aromatic nitrogens is 3. The van der Waals surface area contributed by atoms with E-state index in [2.05, 4.69) is 22.2 Å². The lowest BCUT2D eigenvalue weighted by molar-refractivity contribution is 0.446. The Bertz CT molecular complexity index is 528. The third kappa shape index (κ3) is 1.73. The average molecular weight is 229 g/mol. The van der Waals surface area contributed by atoms with E-state index < -0.39 is 0 Å². The molecule has 3 rings (SSSR count). The monoisotopic (exact) mass is 229 g/mol. The Morgan fingerprint density at radius 1 is 1.18 bits per heavy atom. The second kappa shape index (κ2) is 3.76. The Balaban J connectivity index is 2.02. The molecule has 5 nitrogen and oxygen atoms in total. The van der Waals surface area contributed by atoms with Gasteiger partial charge in [-0.15, -0.1) is 5.10 Å². The van der Waals surface area contributed by atoms with E-state index in [0.717, 1.165) is 30.9 Å². The first-order chi connectivity index (χ1) is 8.24. The fraction of sp³-hybridized carbons (Fsp3) is 0.333. The van der Waals surface area contributed by atoms with Gasteiger partial charge in [-0.25, -0.2) is 4.68 Å². The minimum atomic E-state index is 0.286. The second-order valence-electron chi connectivity index (χ2n) is 4.41. The number of fused-ring (bicyclic) bond motifs is 1. The van der Waals surface area contributed by atoms with Crippen molar-refractivity contribution in [2.45, 2.75) is 25.3 Å². The van der Waals surface area contributed by atoms with E-state index in [1.165, 1.54) is 5.56 Å². The molecule has 0 bridgehead atoms. The Morgan fingerprint density at radius 3 is 2.71 bits per heavy atom. The number of aryl methyl sites for hydroxylation is 1. The van der Waals surface area contributed by atoms with Crippen LogP contribution in [0, 0.1) is 0 Å².